The van der Waals surface area contributed by atoms with Crippen molar-refractivity contribution in [1.82, 2.24) is 0 Å². The lowest BCUT2D eigenvalue weighted by atomic mass is 10.2. The molecule has 0 amide bonds. The van der Waals surface area contributed by atoms with Crippen molar-refractivity contribution in [3.63, 3.8) is 0 Å². The summed E-state index contributed by atoms with van der Waals surface area (Å²) in [6.07, 6.45) is 1.94. The lowest BCUT2D eigenvalue weighted by Crippen LogP contribution is -2.10. The zero-order valence-electron chi connectivity index (χ0n) is 9.97. The Bertz CT molecular complexity index is 444. The number of hydrogen-bond acceptors (Lipinski definition) is 5. The summed E-state index contributed by atoms with van der Waals surface area (Å²) in [4.78, 5) is 26.6. The van der Waals surface area contributed by atoms with Gasteiger partial charge in [-0.25, -0.2) is 15.1 Å². The van der Waals surface area contributed by atoms with E-state index in [9.17, 15) is 14.7 Å². The maximum Gasteiger partial charge on any atom is 0.339 e. The third kappa shape index (κ3) is 3.97. The maximum atomic E-state index is 11.2. The van der Waals surface area contributed by atoms with Crippen molar-refractivity contribution in [2.24, 2.45) is 0 Å². The number of rotatable bonds is 6. The lowest BCUT2D eigenvalue weighted by Gasteiger charge is -2.07. The molecule has 0 bridgehead atoms. The fourth-order valence-corrected chi connectivity index (χ4v) is 1.26. The number of carboxylic acid groups (broad SMARTS) is 1. The van der Waals surface area contributed by atoms with Crippen LogP contribution in [0.15, 0.2) is 18.2 Å². The second-order valence-electron chi connectivity index (χ2n) is 3.72. The number of anilines is 1. The number of hydrogen-bond donors (Lipinski definition) is 3. The summed E-state index contributed by atoms with van der Waals surface area (Å²) >= 11 is 0. The highest BCUT2D eigenvalue weighted by Gasteiger charge is 2.10. The lowest BCUT2D eigenvalue weighted by molar-refractivity contribution is -0.140. The summed E-state index contributed by atoms with van der Waals surface area (Å²) in [5, 5.41) is 18.1. The Balaban J connectivity index is 2.56. The van der Waals surface area contributed by atoms with Gasteiger partial charge < -0.3 is 15.1 Å². The number of carboxylic acids is 1. The van der Waals surface area contributed by atoms with Gasteiger partial charge in [-0.1, -0.05) is 13.3 Å². The third-order valence-corrected chi connectivity index (χ3v) is 2.25. The molecule has 1 aromatic rings. The molecule has 3 N–H and O–H groups in total. The van der Waals surface area contributed by atoms with Crippen molar-refractivity contribution in [2.75, 3.05) is 5.48 Å². The highest BCUT2D eigenvalue weighted by Crippen LogP contribution is 2.21. The van der Waals surface area contributed by atoms with Crippen molar-refractivity contribution in [2.45, 2.75) is 26.2 Å². The van der Waals surface area contributed by atoms with Gasteiger partial charge in [0.05, 0.1) is 5.69 Å². The van der Waals surface area contributed by atoms with Crippen molar-refractivity contribution < 1.29 is 24.6 Å². The first-order chi connectivity index (χ1) is 8.54. The second kappa shape index (κ2) is 6.48. The highest BCUT2D eigenvalue weighted by molar-refractivity contribution is 5.91. The molecule has 0 aliphatic rings. The number of carbonyl (C=O) groups is 2. The van der Waals surface area contributed by atoms with Gasteiger partial charge in [-0.15, -0.1) is 0 Å². The van der Waals surface area contributed by atoms with E-state index in [1.807, 2.05) is 6.92 Å². The number of carbonyl (C=O) groups excluding carboxylic acids is 1. The van der Waals surface area contributed by atoms with Crippen LogP contribution in [-0.2, 0) is 9.63 Å². The summed E-state index contributed by atoms with van der Waals surface area (Å²) in [6.45, 7) is 1.96. The number of benzene rings is 1. The van der Waals surface area contributed by atoms with E-state index in [1.165, 1.54) is 18.2 Å². The van der Waals surface area contributed by atoms with Gasteiger partial charge >= 0.3 is 11.9 Å². The van der Waals surface area contributed by atoms with E-state index >= 15 is 0 Å². The van der Waals surface area contributed by atoms with Crippen LogP contribution in [0.5, 0.6) is 5.75 Å². The smallest absolute Gasteiger partial charge is 0.339 e. The first-order valence-corrected chi connectivity index (χ1v) is 5.56. The van der Waals surface area contributed by atoms with Gasteiger partial charge in [0.25, 0.3) is 0 Å². The zero-order valence-corrected chi connectivity index (χ0v) is 9.97. The molecule has 18 heavy (non-hydrogen) atoms. The molecule has 0 saturated carbocycles. The van der Waals surface area contributed by atoms with Crippen LogP contribution in [0.2, 0.25) is 0 Å². The molecule has 0 radical (unpaired) electrons. The maximum absolute atomic E-state index is 11.2. The quantitative estimate of drug-likeness (QED) is 0.672. The molecule has 0 fully saturated rings. The van der Waals surface area contributed by atoms with Crippen LogP contribution in [0, 0.1) is 0 Å². The van der Waals surface area contributed by atoms with Crippen molar-refractivity contribution in [3.05, 3.63) is 23.8 Å². The average molecular weight is 253 g/mol. The molecule has 1 rings (SSSR count). The van der Waals surface area contributed by atoms with Crippen LogP contribution in [0.4, 0.5) is 5.69 Å². The molecule has 0 heterocycles. The van der Waals surface area contributed by atoms with Gasteiger partial charge in [-0.2, -0.15) is 0 Å². The van der Waals surface area contributed by atoms with E-state index in [0.717, 1.165) is 12.8 Å². The minimum absolute atomic E-state index is 0.210. The van der Waals surface area contributed by atoms with Crippen LogP contribution < -0.4 is 5.48 Å². The minimum atomic E-state index is -1.22. The molecular weight excluding hydrogens is 238 g/mol. The Morgan fingerprint density at radius 1 is 1.39 bits per heavy atom. The molecule has 0 spiro atoms. The Hall–Kier alpha value is -2.24. The van der Waals surface area contributed by atoms with Gasteiger partial charge in [0, 0.05) is 12.5 Å². The van der Waals surface area contributed by atoms with Crippen LogP contribution >= 0.6 is 0 Å². The van der Waals surface area contributed by atoms with Crippen LogP contribution in [-0.4, -0.2) is 22.2 Å². The van der Waals surface area contributed by atoms with Gasteiger partial charge in [0.1, 0.15) is 11.3 Å². The Morgan fingerprint density at radius 3 is 2.67 bits per heavy atom. The van der Waals surface area contributed by atoms with E-state index in [1.54, 1.807) is 0 Å². The van der Waals surface area contributed by atoms with E-state index < -0.39 is 17.7 Å². The molecule has 0 atom stereocenters. The Morgan fingerprint density at radius 2 is 2.11 bits per heavy atom. The molecule has 1 aromatic carbocycles. The fourth-order valence-electron chi connectivity index (χ4n) is 1.26. The molecule has 6 heteroatoms. The molecule has 0 unspecified atom stereocenters. The van der Waals surface area contributed by atoms with E-state index in [4.69, 9.17) is 9.94 Å². The first-order valence-electron chi connectivity index (χ1n) is 5.56. The molecule has 0 saturated heterocycles. The van der Waals surface area contributed by atoms with Gasteiger partial charge in [0.2, 0.25) is 0 Å². The average Bonchev–Trinajstić information content (AvgIpc) is 2.33. The third-order valence-electron chi connectivity index (χ3n) is 2.25. The number of unbranched alkanes of at least 4 members (excludes halogenated alkanes) is 1. The predicted molar refractivity (Wildman–Crippen MR) is 64.3 cm³/mol. The number of phenols is 1. The van der Waals surface area contributed by atoms with Gasteiger partial charge in [-0.05, 0) is 18.6 Å². The highest BCUT2D eigenvalue weighted by atomic mass is 16.7. The van der Waals surface area contributed by atoms with Crippen LogP contribution in [0.3, 0.4) is 0 Å². The molecule has 6 nitrogen and oxygen atoms in total. The summed E-state index contributed by atoms with van der Waals surface area (Å²) in [6, 6.07) is 3.80. The normalized spacial score (nSPS) is 9.83. The standard InChI is InChI=1S/C12H15NO5/c1-2-3-4-11(15)18-13-8-5-6-9(12(16)17)10(14)7-8/h5-7,13-14H,2-4H2,1H3,(H,16,17). The van der Waals surface area contributed by atoms with Crippen molar-refractivity contribution in [3.8, 4) is 5.75 Å². The number of aromatic carboxylic acids is 1. The van der Waals surface area contributed by atoms with Crippen molar-refractivity contribution in [1.29, 1.82) is 0 Å². The number of nitrogens with one attached hydrogen (secondary N) is 1. The first kappa shape index (κ1) is 13.8. The second-order valence-corrected chi connectivity index (χ2v) is 3.72. The monoisotopic (exact) mass is 253 g/mol. The largest absolute Gasteiger partial charge is 0.507 e. The summed E-state index contributed by atoms with van der Waals surface area (Å²) in [5.41, 5.74) is 2.46. The molecule has 0 aliphatic carbocycles. The van der Waals surface area contributed by atoms with Gasteiger partial charge in [-0.3, -0.25) is 0 Å². The number of aromatic hydroxyl groups is 1. The van der Waals surface area contributed by atoms with E-state index in [-0.39, 0.29) is 5.56 Å². The Labute approximate surface area is 104 Å². The van der Waals surface area contributed by atoms with Crippen molar-refractivity contribution >= 4 is 17.6 Å². The van der Waals surface area contributed by atoms with E-state index in [0.29, 0.717) is 12.1 Å². The minimum Gasteiger partial charge on any atom is -0.507 e. The van der Waals surface area contributed by atoms with Crippen LogP contribution in [0.1, 0.15) is 36.5 Å². The van der Waals surface area contributed by atoms with Crippen LogP contribution in [0.25, 0.3) is 0 Å². The molecule has 0 aliphatic heterocycles. The topological polar surface area (TPSA) is 95.9 Å². The predicted octanol–water partition coefficient (Wildman–Crippen LogP) is 2.15. The summed E-state index contributed by atoms with van der Waals surface area (Å²) in [5.74, 6) is -2.02. The van der Waals surface area contributed by atoms with Gasteiger partial charge in [0.15, 0.2) is 0 Å². The fraction of sp³-hybridized carbons (Fsp3) is 0.333. The summed E-state index contributed by atoms with van der Waals surface area (Å²) < 4.78 is 0. The molecule has 0 aromatic heterocycles. The SMILES string of the molecule is CCCCC(=O)ONc1ccc(C(=O)O)c(O)c1. The summed E-state index contributed by atoms with van der Waals surface area (Å²) in [7, 11) is 0. The zero-order chi connectivity index (χ0) is 13.5. The molecular formula is C12H15NO5. The Kier molecular flexibility index (Phi) is 4.98. The van der Waals surface area contributed by atoms with E-state index in [2.05, 4.69) is 5.48 Å². The molecule has 98 valence electrons.